The lowest BCUT2D eigenvalue weighted by Crippen LogP contribution is -2.28. The van der Waals surface area contributed by atoms with E-state index < -0.39 is 29.3 Å². The van der Waals surface area contributed by atoms with Crippen LogP contribution < -0.4 is 10.6 Å². The second-order valence-electron chi connectivity index (χ2n) is 5.82. The van der Waals surface area contributed by atoms with Crippen LogP contribution in [0.25, 0.3) is 11.4 Å². The van der Waals surface area contributed by atoms with Gasteiger partial charge in [-0.3, -0.25) is 0 Å². The summed E-state index contributed by atoms with van der Waals surface area (Å²) in [6.07, 6.45) is 0. The molecular weight excluding hydrogens is 400 g/mol. The number of carboxylic acid groups (broad SMARTS) is 1. The second-order valence-corrected chi connectivity index (χ2v) is 6.23. The van der Waals surface area contributed by atoms with Gasteiger partial charge in [0.2, 0.25) is 5.75 Å². The molecule has 148 valence electrons. The van der Waals surface area contributed by atoms with Crippen LogP contribution in [0, 0.1) is 0 Å². The van der Waals surface area contributed by atoms with Crippen molar-refractivity contribution in [3.63, 3.8) is 0 Å². The van der Waals surface area contributed by atoms with Gasteiger partial charge < -0.3 is 26.0 Å². The molecule has 0 aliphatic carbocycles. The summed E-state index contributed by atoms with van der Waals surface area (Å²) in [5, 5.41) is 34.2. The fourth-order valence-corrected chi connectivity index (χ4v) is 2.69. The van der Waals surface area contributed by atoms with Gasteiger partial charge in [0.15, 0.2) is 11.5 Å². The number of para-hydroxylation sites is 1. The predicted molar refractivity (Wildman–Crippen MR) is 105 cm³/mol. The number of amides is 2. The fraction of sp³-hybridized carbons (Fsp3) is 0.0526. The third kappa shape index (κ3) is 4.53. The third-order valence-electron chi connectivity index (χ3n) is 3.88. The summed E-state index contributed by atoms with van der Waals surface area (Å²) in [5.74, 6) is -3.54. The molecule has 1 heterocycles. The van der Waals surface area contributed by atoms with Crippen LogP contribution in [0.5, 0.6) is 11.6 Å². The van der Waals surface area contributed by atoms with E-state index in [4.69, 9.17) is 16.7 Å². The molecule has 3 rings (SSSR count). The van der Waals surface area contributed by atoms with Crippen LogP contribution in [0.4, 0.5) is 10.5 Å². The quantitative estimate of drug-likeness (QED) is 0.431. The fourth-order valence-electron chi connectivity index (χ4n) is 2.48. The molecule has 0 radical (unpaired) electrons. The number of hydrogen-bond acceptors (Lipinski definition) is 6. The number of hydrogen-bond donors (Lipinski definition) is 5. The van der Waals surface area contributed by atoms with Crippen molar-refractivity contribution < 1.29 is 24.9 Å². The number of benzene rings is 2. The average Bonchev–Trinajstić information content (AvgIpc) is 2.69. The van der Waals surface area contributed by atoms with Gasteiger partial charge in [-0.05, 0) is 23.8 Å². The molecule has 5 N–H and O–H groups in total. The zero-order chi connectivity index (χ0) is 21.0. The number of carboxylic acids is 1. The van der Waals surface area contributed by atoms with Gasteiger partial charge in [-0.2, -0.15) is 4.98 Å². The van der Waals surface area contributed by atoms with Gasteiger partial charge in [0.25, 0.3) is 5.88 Å². The molecule has 10 heteroatoms. The Morgan fingerprint density at radius 2 is 1.69 bits per heavy atom. The topological polar surface area (TPSA) is 145 Å². The lowest BCUT2D eigenvalue weighted by molar-refractivity contribution is 0.0685. The molecule has 0 aliphatic rings. The molecule has 0 saturated carbocycles. The van der Waals surface area contributed by atoms with E-state index in [1.54, 1.807) is 42.5 Å². The summed E-state index contributed by atoms with van der Waals surface area (Å²) in [7, 11) is 0. The summed E-state index contributed by atoms with van der Waals surface area (Å²) >= 11 is 6.06. The number of nitrogens with one attached hydrogen (secondary N) is 2. The minimum Gasteiger partial charge on any atom is -0.501 e. The zero-order valence-electron chi connectivity index (χ0n) is 14.8. The number of carbonyl (C=O) groups excluding carboxylic acids is 1. The van der Waals surface area contributed by atoms with E-state index in [1.165, 1.54) is 6.07 Å². The largest absolute Gasteiger partial charge is 0.501 e. The SMILES string of the molecule is O=C(NCc1ccccc1Cl)Nc1ccccc1-c1nc(O)c(O)c(C(=O)O)n1. The van der Waals surface area contributed by atoms with Crippen LogP contribution in [0.3, 0.4) is 0 Å². The van der Waals surface area contributed by atoms with E-state index in [9.17, 15) is 19.8 Å². The number of urea groups is 1. The Bertz CT molecular complexity index is 1090. The normalized spacial score (nSPS) is 10.4. The minimum atomic E-state index is -1.54. The van der Waals surface area contributed by atoms with Crippen LogP contribution in [-0.4, -0.2) is 37.3 Å². The van der Waals surface area contributed by atoms with Gasteiger partial charge in [0, 0.05) is 17.1 Å². The van der Waals surface area contributed by atoms with Crippen LogP contribution in [0.15, 0.2) is 48.5 Å². The highest BCUT2D eigenvalue weighted by molar-refractivity contribution is 6.31. The third-order valence-corrected chi connectivity index (χ3v) is 4.25. The molecule has 0 saturated heterocycles. The summed E-state index contributed by atoms with van der Waals surface area (Å²) in [6, 6.07) is 12.9. The monoisotopic (exact) mass is 414 g/mol. The highest BCUT2D eigenvalue weighted by atomic mass is 35.5. The molecule has 0 bridgehead atoms. The first-order chi connectivity index (χ1) is 13.9. The maximum absolute atomic E-state index is 12.3. The van der Waals surface area contributed by atoms with Crippen molar-refractivity contribution in [3.8, 4) is 23.0 Å². The lowest BCUT2D eigenvalue weighted by Gasteiger charge is -2.12. The van der Waals surface area contributed by atoms with Crippen LogP contribution in [-0.2, 0) is 6.54 Å². The number of anilines is 1. The van der Waals surface area contributed by atoms with Crippen molar-refractivity contribution >= 4 is 29.3 Å². The Labute approximate surface area is 169 Å². The Kier molecular flexibility index (Phi) is 5.79. The molecule has 0 fully saturated rings. The van der Waals surface area contributed by atoms with Crippen molar-refractivity contribution in [1.29, 1.82) is 0 Å². The highest BCUT2D eigenvalue weighted by Crippen LogP contribution is 2.31. The Hall–Kier alpha value is -3.85. The number of nitrogens with zero attached hydrogens (tertiary/aromatic N) is 2. The molecule has 2 amide bonds. The van der Waals surface area contributed by atoms with Gasteiger partial charge in [-0.1, -0.05) is 41.9 Å². The first-order valence-corrected chi connectivity index (χ1v) is 8.65. The molecule has 29 heavy (non-hydrogen) atoms. The van der Waals surface area contributed by atoms with Gasteiger partial charge >= 0.3 is 12.0 Å². The second kappa shape index (κ2) is 8.44. The van der Waals surface area contributed by atoms with Crippen molar-refractivity contribution in [2.75, 3.05) is 5.32 Å². The number of carbonyl (C=O) groups is 2. The number of aromatic hydroxyl groups is 2. The Morgan fingerprint density at radius 3 is 2.41 bits per heavy atom. The van der Waals surface area contributed by atoms with Crippen molar-refractivity contribution in [2.24, 2.45) is 0 Å². The summed E-state index contributed by atoms with van der Waals surface area (Å²) < 4.78 is 0. The molecule has 0 aliphatic heterocycles. The zero-order valence-corrected chi connectivity index (χ0v) is 15.5. The van der Waals surface area contributed by atoms with Gasteiger partial charge in [-0.25, -0.2) is 14.6 Å². The van der Waals surface area contributed by atoms with Crippen molar-refractivity contribution in [1.82, 2.24) is 15.3 Å². The number of rotatable bonds is 5. The first kappa shape index (κ1) is 19.9. The van der Waals surface area contributed by atoms with E-state index in [0.29, 0.717) is 5.02 Å². The molecule has 0 unspecified atom stereocenters. The molecule has 1 aromatic heterocycles. The smallest absolute Gasteiger partial charge is 0.358 e. The van der Waals surface area contributed by atoms with Crippen LogP contribution in [0.1, 0.15) is 16.1 Å². The van der Waals surface area contributed by atoms with Crippen molar-refractivity contribution in [3.05, 3.63) is 64.8 Å². The number of halogens is 1. The van der Waals surface area contributed by atoms with Crippen molar-refractivity contribution in [2.45, 2.75) is 6.54 Å². The summed E-state index contributed by atoms with van der Waals surface area (Å²) in [5.41, 5.74) is 0.491. The van der Waals surface area contributed by atoms with E-state index >= 15 is 0 Å². The molecular formula is C19H15ClN4O5. The molecule has 0 atom stereocenters. The number of aromatic nitrogens is 2. The minimum absolute atomic E-state index is 0.181. The van der Waals surface area contributed by atoms with E-state index in [1.807, 2.05) is 0 Å². The van der Waals surface area contributed by atoms with E-state index in [2.05, 4.69) is 20.6 Å². The van der Waals surface area contributed by atoms with E-state index in [0.717, 1.165) is 5.56 Å². The molecule has 9 nitrogen and oxygen atoms in total. The standard InChI is InChI=1S/C19H15ClN4O5/c20-12-7-3-1-5-10(12)9-21-19(29)22-13-8-4-2-6-11(13)16-23-14(18(27)28)15(25)17(26)24-16/h1-8,25H,9H2,(H,27,28)(H2,21,22,29)(H,23,24,26). The highest BCUT2D eigenvalue weighted by Gasteiger charge is 2.21. The molecule has 3 aromatic rings. The molecule has 0 spiro atoms. The Morgan fingerprint density at radius 1 is 1.00 bits per heavy atom. The average molecular weight is 415 g/mol. The van der Waals surface area contributed by atoms with E-state index in [-0.39, 0.29) is 23.6 Å². The summed E-state index contributed by atoms with van der Waals surface area (Å²) in [6.45, 7) is 0.188. The van der Waals surface area contributed by atoms with Gasteiger partial charge in [0.05, 0.1) is 5.69 Å². The van der Waals surface area contributed by atoms with Gasteiger partial charge in [0.1, 0.15) is 0 Å². The molecule has 2 aromatic carbocycles. The Balaban J connectivity index is 1.83. The van der Waals surface area contributed by atoms with Crippen LogP contribution in [0.2, 0.25) is 5.02 Å². The summed E-state index contributed by atoms with van der Waals surface area (Å²) in [4.78, 5) is 31.0. The van der Waals surface area contributed by atoms with Gasteiger partial charge in [-0.15, -0.1) is 0 Å². The maximum Gasteiger partial charge on any atom is 0.358 e. The first-order valence-electron chi connectivity index (χ1n) is 8.27. The number of aromatic carboxylic acids is 1. The predicted octanol–water partition coefficient (Wildman–Crippen LogP) is 3.23. The maximum atomic E-state index is 12.3. The lowest BCUT2D eigenvalue weighted by atomic mass is 10.1. The van der Waals surface area contributed by atoms with Crippen LogP contribution >= 0.6 is 11.6 Å².